The molecule has 0 bridgehead atoms. The summed E-state index contributed by atoms with van der Waals surface area (Å²) in [5.74, 6) is -0.880. The van der Waals surface area contributed by atoms with E-state index in [1.54, 1.807) is 0 Å². The highest BCUT2D eigenvalue weighted by atomic mass is 32.2. The third-order valence-corrected chi connectivity index (χ3v) is 16.4. The van der Waals surface area contributed by atoms with E-state index in [4.69, 9.17) is 14.2 Å². The van der Waals surface area contributed by atoms with Gasteiger partial charge in [-0.3, -0.25) is 19.2 Å². The summed E-state index contributed by atoms with van der Waals surface area (Å²) >= 11 is 1.35. The van der Waals surface area contributed by atoms with Crippen LogP contribution in [0.5, 0.6) is 0 Å². The zero-order chi connectivity index (χ0) is 56.5. The van der Waals surface area contributed by atoms with Crippen molar-refractivity contribution in [2.45, 2.75) is 334 Å². The lowest BCUT2D eigenvalue weighted by Gasteiger charge is -2.21. The number of aliphatic hydroxyl groups excluding tert-OH is 3. The monoisotopic (exact) mass is 1120 g/mol. The highest BCUT2D eigenvalue weighted by Crippen LogP contribution is 2.29. The predicted molar refractivity (Wildman–Crippen MR) is 316 cm³/mol. The number of amides is 2. The van der Waals surface area contributed by atoms with Crippen LogP contribution in [-0.4, -0.2) is 109 Å². The van der Waals surface area contributed by atoms with Crippen molar-refractivity contribution in [2.75, 3.05) is 24.7 Å². The van der Waals surface area contributed by atoms with Crippen molar-refractivity contribution in [3.8, 4) is 0 Å². The van der Waals surface area contributed by atoms with E-state index in [1.165, 1.54) is 209 Å². The molecule has 2 heterocycles. The molecule has 2 rings (SSSR count). The van der Waals surface area contributed by atoms with Gasteiger partial charge in [0.2, 0.25) is 11.8 Å². The number of carbonyl (C=O) groups excluding carboxylic acids is 4. The molecular formula is C62H115N5O10S. The summed E-state index contributed by atoms with van der Waals surface area (Å²) in [4.78, 5) is 53.4. The smallest absolute Gasteiger partial charge is 0.306 e. The molecule has 1 fully saturated rings. The maximum absolute atomic E-state index is 13.8. The number of hydrogen-bond donors (Lipinski definition) is 5. The van der Waals surface area contributed by atoms with E-state index < -0.39 is 49.2 Å². The Balaban J connectivity index is 1.96. The van der Waals surface area contributed by atoms with Gasteiger partial charge in [-0.2, -0.15) is 11.8 Å². The lowest BCUT2D eigenvalue weighted by molar-refractivity contribution is -0.157. The van der Waals surface area contributed by atoms with E-state index in [9.17, 15) is 34.5 Å². The molecule has 6 atom stereocenters. The van der Waals surface area contributed by atoms with Crippen LogP contribution in [0.3, 0.4) is 0 Å². The van der Waals surface area contributed by atoms with Gasteiger partial charge in [0.05, 0.1) is 19.3 Å². The van der Waals surface area contributed by atoms with Gasteiger partial charge in [0.15, 0.2) is 6.23 Å². The molecule has 0 aliphatic carbocycles. The van der Waals surface area contributed by atoms with Crippen LogP contribution >= 0.6 is 11.8 Å². The van der Waals surface area contributed by atoms with Gasteiger partial charge >= 0.3 is 11.9 Å². The van der Waals surface area contributed by atoms with E-state index in [2.05, 4.69) is 41.7 Å². The fourth-order valence-corrected chi connectivity index (χ4v) is 11.2. The summed E-state index contributed by atoms with van der Waals surface area (Å²) in [5.41, 5.74) is 0.349. The van der Waals surface area contributed by atoms with Gasteiger partial charge in [-0.1, -0.05) is 257 Å². The Morgan fingerprint density at radius 2 is 0.987 bits per heavy atom. The Labute approximate surface area is 478 Å². The molecule has 1 saturated heterocycles. The average molecular weight is 1120 g/mol. The van der Waals surface area contributed by atoms with Crippen LogP contribution in [0.25, 0.3) is 0 Å². The SMILES string of the molecule is CCCCCCCCCCCCCCCC(=O)N[C@H](CSC[C@@H](COC(=O)CCCCCCCCCCCCCCC)OC(=O)CCCCCCCCCCCCCCC)C(=O)NCc1cn([C@@H]2O[C@H](CO)[C@@H](O)[C@H]2O)nn1. The summed E-state index contributed by atoms with van der Waals surface area (Å²) < 4.78 is 18.5. The van der Waals surface area contributed by atoms with Gasteiger partial charge in [0.25, 0.3) is 0 Å². The fraction of sp³-hybridized carbons (Fsp3) is 0.903. The molecule has 78 heavy (non-hydrogen) atoms. The Hall–Kier alpha value is -2.79. The second-order valence-corrected chi connectivity index (χ2v) is 23.6. The minimum Gasteiger partial charge on any atom is -0.462 e. The second-order valence-electron chi connectivity index (χ2n) is 22.6. The number of unbranched alkanes of at least 4 members (excludes halogenated alkanes) is 36. The van der Waals surface area contributed by atoms with Gasteiger partial charge in [-0.25, -0.2) is 4.68 Å². The predicted octanol–water partition coefficient (Wildman–Crippen LogP) is 13.6. The van der Waals surface area contributed by atoms with Crippen molar-refractivity contribution in [3.05, 3.63) is 11.9 Å². The molecule has 5 N–H and O–H groups in total. The van der Waals surface area contributed by atoms with Crippen LogP contribution in [0.1, 0.15) is 302 Å². The second kappa shape index (κ2) is 50.0. The van der Waals surface area contributed by atoms with E-state index in [1.807, 2.05) is 0 Å². The van der Waals surface area contributed by atoms with Crippen molar-refractivity contribution in [3.63, 3.8) is 0 Å². The van der Waals surface area contributed by atoms with Crippen molar-refractivity contribution < 1.29 is 48.7 Å². The van der Waals surface area contributed by atoms with E-state index in [-0.39, 0.29) is 48.9 Å². The highest BCUT2D eigenvalue weighted by molar-refractivity contribution is 7.99. The highest BCUT2D eigenvalue weighted by Gasteiger charge is 2.44. The topological polar surface area (TPSA) is 211 Å². The molecule has 1 aromatic rings. The molecule has 16 heteroatoms. The number of esters is 2. The molecule has 454 valence electrons. The molecule has 1 aromatic heterocycles. The lowest BCUT2D eigenvalue weighted by Crippen LogP contribution is -2.48. The van der Waals surface area contributed by atoms with Gasteiger partial charge in [0.1, 0.15) is 42.8 Å². The first-order chi connectivity index (χ1) is 38.1. The van der Waals surface area contributed by atoms with E-state index in [0.717, 1.165) is 64.2 Å². The number of nitrogens with zero attached hydrogens (tertiary/aromatic N) is 3. The summed E-state index contributed by atoms with van der Waals surface area (Å²) in [6.07, 6.45) is 44.0. The zero-order valence-electron chi connectivity index (χ0n) is 49.7. The third kappa shape index (κ3) is 37.3. The van der Waals surface area contributed by atoms with Crippen LogP contribution in [-0.2, 0) is 39.9 Å². The normalized spacial score (nSPS) is 17.1. The molecule has 1 aliphatic heterocycles. The van der Waals surface area contributed by atoms with Crippen LogP contribution < -0.4 is 10.6 Å². The van der Waals surface area contributed by atoms with E-state index >= 15 is 0 Å². The zero-order valence-corrected chi connectivity index (χ0v) is 50.5. The van der Waals surface area contributed by atoms with Gasteiger partial charge in [-0.05, 0) is 19.3 Å². The molecule has 0 radical (unpaired) electrons. The molecule has 15 nitrogen and oxygen atoms in total. The van der Waals surface area contributed by atoms with E-state index in [0.29, 0.717) is 18.5 Å². The fourth-order valence-electron chi connectivity index (χ4n) is 10.2. The molecule has 0 saturated carbocycles. The van der Waals surface area contributed by atoms with Crippen molar-refractivity contribution >= 4 is 35.5 Å². The molecule has 1 aliphatic rings. The maximum Gasteiger partial charge on any atom is 0.306 e. The number of rotatable bonds is 55. The molecule has 2 amide bonds. The first-order valence-corrected chi connectivity index (χ1v) is 33.3. The van der Waals surface area contributed by atoms with Gasteiger partial charge < -0.3 is 40.2 Å². The number of carbonyl (C=O) groups is 4. The summed E-state index contributed by atoms with van der Waals surface area (Å²) in [7, 11) is 0. The molecule has 0 unspecified atom stereocenters. The van der Waals surface area contributed by atoms with Gasteiger partial charge in [0, 0.05) is 30.8 Å². The molecule has 0 spiro atoms. The number of thioether (sulfide) groups is 1. The average Bonchev–Trinajstić information content (AvgIpc) is 4.06. The quantitative estimate of drug-likeness (QED) is 0.0304. The standard InChI is InChI=1S/C62H115N5O10S/c1-4-7-10-13-16-19-22-25-28-31-34-37-40-43-56(69)64-54(61(74)63-46-52-47-67(66-65-52)62-60(73)59(72)55(48-68)77-62)51-78-50-53(76-58(71)45-42-39-36-33-30-27-24-21-18-15-12-9-6-3)49-75-57(70)44-41-38-35-32-29-26-23-20-17-14-11-8-5-2/h47,53-55,59-60,62,68,72-73H,4-46,48-51H2,1-3H3,(H,63,74)(H,64,69)/t53-,54-,55-,59-,60-,62-/m1/s1. The molecule has 0 aromatic carbocycles. The van der Waals surface area contributed by atoms with Crippen LogP contribution in [0.2, 0.25) is 0 Å². The number of ether oxygens (including phenoxy) is 3. The summed E-state index contributed by atoms with van der Waals surface area (Å²) in [5, 5.41) is 44.2. The Bertz CT molecular complexity index is 1610. The third-order valence-electron chi connectivity index (χ3n) is 15.2. The van der Waals surface area contributed by atoms with Crippen LogP contribution in [0.15, 0.2) is 6.20 Å². The minimum atomic E-state index is -1.34. The first kappa shape index (κ1) is 71.3. The van der Waals surface area contributed by atoms with Crippen molar-refractivity contribution in [1.29, 1.82) is 0 Å². The Kier molecular flexibility index (Phi) is 45.7. The molecular weight excluding hydrogens is 1010 g/mol. The van der Waals surface area contributed by atoms with Crippen LogP contribution in [0.4, 0.5) is 0 Å². The minimum absolute atomic E-state index is 0.0435. The number of nitrogens with one attached hydrogen (secondary N) is 2. The van der Waals surface area contributed by atoms with Crippen LogP contribution in [0, 0.1) is 0 Å². The summed E-state index contributed by atoms with van der Waals surface area (Å²) in [6.45, 7) is 6.14. The Morgan fingerprint density at radius 1 is 0.577 bits per heavy atom. The first-order valence-electron chi connectivity index (χ1n) is 32.2. The maximum atomic E-state index is 13.8. The Morgan fingerprint density at radius 3 is 1.41 bits per heavy atom. The number of aliphatic hydroxyl groups is 3. The largest absolute Gasteiger partial charge is 0.462 e. The lowest BCUT2D eigenvalue weighted by atomic mass is 10.0. The number of hydrogen-bond acceptors (Lipinski definition) is 13. The summed E-state index contributed by atoms with van der Waals surface area (Å²) in [6, 6.07) is -0.930. The van der Waals surface area contributed by atoms with Gasteiger partial charge in [-0.15, -0.1) is 5.10 Å². The van der Waals surface area contributed by atoms with Crippen molar-refractivity contribution in [2.24, 2.45) is 0 Å². The number of aromatic nitrogens is 3. The van der Waals surface area contributed by atoms with Crippen molar-refractivity contribution in [1.82, 2.24) is 25.6 Å².